The Kier molecular flexibility index (Phi) is 9.23. The lowest BCUT2D eigenvalue weighted by molar-refractivity contribution is -0.133. The highest BCUT2D eigenvalue weighted by atomic mass is 16.5. The van der Waals surface area contributed by atoms with Gasteiger partial charge in [0.15, 0.2) is 0 Å². The summed E-state index contributed by atoms with van der Waals surface area (Å²) in [6, 6.07) is 8.72. The van der Waals surface area contributed by atoms with Gasteiger partial charge in [-0.3, -0.25) is 4.79 Å². The second-order valence-electron chi connectivity index (χ2n) is 7.71. The number of amides is 2. The number of alkyl carbamates (subject to hydrolysis) is 1. The van der Waals surface area contributed by atoms with Gasteiger partial charge in [-0.2, -0.15) is 0 Å². The Morgan fingerprint density at radius 2 is 1.93 bits per heavy atom. The third-order valence-corrected chi connectivity index (χ3v) is 5.13. The Bertz CT molecular complexity index is 601. The number of carbonyl (C=O) groups excluding carboxylic acids is 2. The number of piperidine rings is 1. The second kappa shape index (κ2) is 11.7. The third kappa shape index (κ3) is 7.86. The van der Waals surface area contributed by atoms with Gasteiger partial charge in [0.05, 0.1) is 12.6 Å². The summed E-state index contributed by atoms with van der Waals surface area (Å²) in [5.41, 5.74) is 0.881. The van der Waals surface area contributed by atoms with Gasteiger partial charge < -0.3 is 25.0 Å². The Balaban J connectivity index is 1.70. The van der Waals surface area contributed by atoms with E-state index >= 15 is 0 Å². The molecule has 1 atom stereocenters. The zero-order valence-corrected chi connectivity index (χ0v) is 17.0. The molecule has 1 saturated heterocycles. The maximum atomic E-state index is 12.5. The molecule has 0 bridgehead atoms. The molecule has 0 aliphatic carbocycles. The third-order valence-electron chi connectivity index (χ3n) is 5.13. The summed E-state index contributed by atoms with van der Waals surface area (Å²) in [5.74, 6) is 0.625. The van der Waals surface area contributed by atoms with Crippen LogP contribution in [-0.4, -0.2) is 73.3 Å². The fraction of sp³-hybridized carbons (Fsp3) is 0.619. The smallest absolute Gasteiger partial charge is 0.407 e. The molecule has 0 aromatic heterocycles. The van der Waals surface area contributed by atoms with Crippen LogP contribution >= 0.6 is 0 Å². The Hall–Kier alpha value is -2.12. The molecule has 28 heavy (non-hydrogen) atoms. The van der Waals surface area contributed by atoms with Gasteiger partial charge in [0.1, 0.15) is 6.61 Å². The molecule has 1 aliphatic rings. The van der Waals surface area contributed by atoms with Crippen LogP contribution in [0.15, 0.2) is 30.3 Å². The lowest BCUT2D eigenvalue weighted by Gasteiger charge is -2.33. The van der Waals surface area contributed by atoms with E-state index in [-0.39, 0.29) is 25.5 Å². The second-order valence-corrected chi connectivity index (χ2v) is 7.71. The summed E-state index contributed by atoms with van der Waals surface area (Å²) < 4.78 is 5.16. The zero-order valence-electron chi connectivity index (χ0n) is 17.0. The van der Waals surface area contributed by atoms with Gasteiger partial charge in [-0.15, -0.1) is 0 Å². The molecule has 1 fully saturated rings. The number of aliphatic hydroxyl groups is 1. The van der Waals surface area contributed by atoms with E-state index in [4.69, 9.17) is 4.74 Å². The average molecular weight is 392 g/mol. The largest absolute Gasteiger partial charge is 0.445 e. The van der Waals surface area contributed by atoms with Gasteiger partial charge in [-0.05, 0) is 51.4 Å². The van der Waals surface area contributed by atoms with Gasteiger partial charge in [0.25, 0.3) is 0 Å². The van der Waals surface area contributed by atoms with Crippen LogP contribution in [0.2, 0.25) is 0 Å². The van der Waals surface area contributed by atoms with Gasteiger partial charge >= 0.3 is 6.09 Å². The molecule has 7 heteroatoms. The summed E-state index contributed by atoms with van der Waals surface area (Å²) >= 11 is 0. The summed E-state index contributed by atoms with van der Waals surface area (Å²) in [7, 11) is 4.15. The number of hydrogen-bond acceptors (Lipinski definition) is 5. The first kappa shape index (κ1) is 22.2. The molecule has 1 aromatic carbocycles. The molecule has 0 unspecified atom stereocenters. The molecule has 1 aromatic rings. The molecule has 156 valence electrons. The van der Waals surface area contributed by atoms with Gasteiger partial charge in [0, 0.05) is 19.5 Å². The molecule has 0 radical (unpaired) electrons. The molecule has 0 saturated carbocycles. The van der Waals surface area contributed by atoms with Crippen molar-refractivity contribution in [2.24, 2.45) is 5.92 Å². The van der Waals surface area contributed by atoms with Crippen molar-refractivity contribution in [2.75, 3.05) is 40.3 Å². The lowest BCUT2D eigenvalue weighted by atomic mass is 9.93. The lowest BCUT2D eigenvalue weighted by Crippen LogP contribution is -2.45. The molecular weight excluding hydrogens is 358 g/mol. The molecule has 7 nitrogen and oxygen atoms in total. The van der Waals surface area contributed by atoms with Crippen LogP contribution in [0.25, 0.3) is 0 Å². The SMILES string of the molecule is CN(C)CCC1CCN(C(=O)C[C@H](CO)NC(=O)OCc2ccccc2)CC1. The van der Waals surface area contributed by atoms with Crippen LogP contribution in [0.5, 0.6) is 0 Å². The maximum absolute atomic E-state index is 12.5. The quantitative estimate of drug-likeness (QED) is 0.671. The van der Waals surface area contributed by atoms with Crippen molar-refractivity contribution in [3.05, 3.63) is 35.9 Å². The number of nitrogens with one attached hydrogen (secondary N) is 1. The van der Waals surface area contributed by atoms with Crippen molar-refractivity contribution in [2.45, 2.75) is 38.3 Å². The van der Waals surface area contributed by atoms with Crippen LogP contribution in [0.4, 0.5) is 4.79 Å². The molecule has 2 N–H and O–H groups in total. The van der Waals surface area contributed by atoms with Crippen molar-refractivity contribution in [1.29, 1.82) is 0 Å². The predicted octanol–water partition coefficient (Wildman–Crippen LogP) is 1.85. The minimum absolute atomic E-state index is 0.0338. The average Bonchev–Trinajstić information content (AvgIpc) is 2.71. The van der Waals surface area contributed by atoms with E-state index in [0.717, 1.165) is 44.5 Å². The van der Waals surface area contributed by atoms with E-state index < -0.39 is 12.1 Å². The Morgan fingerprint density at radius 3 is 2.54 bits per heavy atom. The first-order valence-corrected chi connectivity index (χ1v) is 9.98. The number of hydrogen-bond donors (Lipinski definition) is 2. The van der Waals surface area contributed by atoms with Crippen molar-refractivity contribution >= 4 is 12.0 Å². The fourth-order valence-electron chi connectivity index (χ4n) is 3.34. The number of rotatable bonds is 9. The van der Waals surface area contributed by atoms with Crippen molar-refractivity contribution in [1.82, 2.24) is 15.1 Å². The zero-order chi connectivity index (χ0) is 20.4. The number of nitrogens with zero attached hydrogens (tertiary/aromatic N) is 2. The highest BCUT2D eigenvalue weighted by Crippen LogP contribution is 2.21. The number of likely N-dealkylation sites (tertiary alicyclic amines) is 1. The molecule has 2 amide bonds. The molecule has 1 aliphatic heterocycles. The standard InChI is InChI=1S/C21H33N3O4/c1-23(2)11-8-17-9-12-24(13-10-17)20(26)14-19(15-25)22-21(27)28-16-18-6-4-3-5-7-18/h3-7,17,19,25H,8-16H2,1-2H3,(H,22,27)/t19-/m1/s1. The number of aliphatic hydroxyl groups excluding tert-OH is 1. The summed E-state index contributed by atoms with van der Waals surface area (Å²) in [4.78, 5) is 28.5. The van der Waals surface area contributed by atoms with Crippen LogP contribution in [0.1, 0.15) is 31.2 Å². The summed E-state index contributed by atoms with van der Waals surface area (Å²) in [6.45, 7) is 2.41. The highest BCUT2D eigenvalue weighted by molar-refractivity contribution is 5.78. The van der Waals surface area contributed by atoms with E-state index in [1.54, 1.807) is 0 Å². The summed E-state index contributed by atoms with van der Waals surface area (Å²) in [5, 5.41) is 12.1. The van der Waals surface area contributed by atoms with Crippen molar-refractivity contribution in [3.8, 4) is 0 Å². The van der Waals surface area contributed by atoms with Gasteiger partial charge in [-0.1, -0.05) is 30.3 Å². The number of ether oxygens (including phenoxy) is 1. The van der Waals surface area contributed by atoms with E-state index in [0.29, 0.717) is 5.92 Å². The van der Waals surface area contributed by atoms with Crippen LogP contribution in [0.3, 0.4) is 0 Å². The maximum Gasteiger partial charge on any atom is 0.407 e. The Morgan fingerprint density at radius 1 is 1.25 bits per heavy atom. The monoisotopic (exact) mass is 391 g/mol. The molecular formula is C21H33N3O4. The first-order chi connectivity index (χ1) is 13.5. The summed E-state index contributed by atoms with van der Waals surface area (Å²) in [6.07, 6.45) is 2.63. The van der Waals surface area contributed by atoms with Gasteiger partial charge in [0.2, 0.25) is 5.91 Å². The first-order valence-electron chi connectivity index (χ1n) is 9.98. The molecule has 2 rings (SSSR count). The normalized spacial score (nSPS) is 16.1. The minimum Gasteiger partial charge on any atom is -0.445 e. The van der Waals surface area contributed by atoms with E-state index in [2.05, 4.69) is 24.3 Å². The van der Waals surface area contributed by atoms with Gasteiger partial charge in [-0.25, -0.2) is 4.79 Å². The van der Waals surface area contributed by atoms with Crippen LogP contribution < -0.4 is 5.32 Å². The molecule has 0 spiro atoms. The molecule has 1 heterocycles. The van der Waals surface area contributed by atoms with E-state index in [1.807, 2.05) is 35.2 Å². The van der Waals surface area contributed by atoms with E-state index in [1.165, 1.54) is 0 Å². The number of carbonyl (C=O) groups is 2. The Labute approximate surface area is 167 Å². The van der Waals surface area contributed by atoms with Crippen LogP contribution in [-0.2, 0) is 16.1 Å². The predicted molar refractivity (Wildman–Crippen MR) is 108 cm³/mol. The fourth-order valence-corrected chi connectivity index (χ4v) is 3.34. The van der Waals surface area contributed by atoms with E-state index in [9.17, 15) is 14.7 Å². The topological polar surface area (TPSA) is 82.1 Å². The van der Waals surface area contributed by atoms with Crippen LogP contribution in [0, 0.1) is 5.92 Å². The number of benzene rings is 1. The van der Waals surface area contributed by atoms with Crippen molar-refractivity contribution < 1.29 is 19.4 Å². The minimum atomic E-state index is -0.637. The highest BCUT2D eigenvalue weighted by Gasteiger charge is 2.25. The van der Waals surface area contributed by atoms with Crippen molar-refractivity contribution in [3.63, 3.8) is 0 Å².